The molecule has 0 saturated carbocycles. The van der Waals surface area contributed by atoms with Gasteiger partial charge in [-0.05, 0) is 64.6 Å². The molecule has 27 heavy (non-hydrogen) atoms. The maximum Gasteiger partial charge on any atom is 0.135 e. The third kappa shape index (κ3) is 2.76. The van der Waals surface area contributed by atoms with Crippen LogP contribution in [0.15, 0.2) is 91.0 Å². The van der Waals surface area contributed by atoms with E-state index in [2.05, 4.69) is 60.7 Å². The van der Waals surface area contributed by atoms with Crippen LogP contribution in [0.2, 0.25) is 0 Å². The van der Waals surface area contributed by atoms with Gasteiger partial charge in [0, 0.05) is 11.3 Å². The van der Waals surface area contributed by atoms with Gasteiger partial charge in [0.25, 0.3) is 0 Å². The van der Waals surface area contributed by atoms with E-state index in [-0.39, 0.29) is 0 Å². The third-order valence-electron chi connectivity index (χ3n) is 5.12. The molecule has 2 N–H and O–H groups in total. The van der Waals surface area contributed by atoms with Crippen LogP contribution < -0.4 is 10.5 Å². The highest BCUT2D eigenvalue weighted by molar-refractivity contribution is 5.88. The van der Waals surface area contributed by atoms with E-state index >= 15 is 0 Å². The highest BCUT2D eigenvalue weighted by Gasteiger charge is 2.24. The molecule has 5 rings (SSSR count). The number of nitrogen functional groups attached to an aromatic ring is 1. The Balaban J connectivity index is 1.68. The number of ether oxygens (including phenoxy) is 1. The van der Waals surface area contributed by atoms with Gasteiger partial charge in [-0.1, -0.05) is 60.7 Å². The van der Waals surface area contributed by atoms with Crippen molar-refractivity contribution in [2.75, 3.05) is 5.73 Å². The van der Waals surface area contributed by atoms with Crippen molar-refractivity contribution in [2.45, 2.75) is 6.42 Å². The Bertz CT molecular complexity index is 1110. The second kappa shape index (κ2) is 6.33. The van der Waals surface area contributed by atoms with E-state index in [1.54, 1.807) is 0 Å². The minimum absolute atomic E-state index is 0.732. The van der Waals surface area contributed by atoms with Gasteiger partial charge in [-0.25, -0.2) is 0 Å². The lowest BCUT2D eigenvalue weighted by Crippen LogP contribution is -1.94. The van der Waals surface area contributed by atoms with Crippen LogP contribution in [-0.2, 0) is 6.42 Å². The van der Waals surface area contributed by atoms with Crippen LogP contribution in [0, 0.1) is 0 Å². The molecule has 4 aromatic carbocycles. The molecule has 0 atom stereocenters. The Morgan fingerprint density at radius 3 is 2.22 bits per heavy atom. The van der Waals surface area contributed by atoms with E-state index in [1.807, 2.05) is 30.3 Å². The molecule has 0 amide bonds. The molecule has 0 unspecified atom stereocenters. The molecule has 0 aliphatic heterocycles. The summed E-state index contributed by atoms with van der Waals surface area (Å²) in [5.74, 6) is 1.66. The van der Waals surface area contributed by atoms with Gasteiger partial charge in [-0.15, -0.1) is 0 Å². The summed E-state index contributed by atoms with van der Waals surface area (Å²) in [4.78, 5) is 0. The van der Waals surface area contributed by atoms with E-state index < -0.39 is 0 Å². The van der Waals surface area contributed by atoms with Crippen molar-refractivity contribution in [1.82, 2.24) is 0 Å². The molecule has 2 nitrogen and oxygen atoms in total. The van der Waals surface area contributed by atoms with Gasteiger partial charge >= 0.3 is 0 Å². The summed E-state index contributed by atoms with van der Waals surface area (Å²) in [7, 11) is 0. The van der Waals surface area contributed by atoms with Crippen molar-refractivity contribution in [1.29, 1.82) is 0 Å². The number of anilines is 1. The number of hydrogen-bond donors (Lipinski definition) is 1. The molecule has 4 aromatic rings. The average Bonchev–Trinajstić information content (AvgIpc) is 3.09. The Hall–Kier alpha value is -3.52. The smallest absolute Gasteiger partial charge is 0.135 e. The first-order valence-corrected chi connectivity index (χ1v) is 9.12. The van der Waals surface area contributed by atoms with Crippen molar-refractivity contribution >= 4 is 5.69 Å². The van der Waals surface area contributed by atoms with Gasteiger partial charge in [0.2, 0.25) is 0 Å². The molecule has 130 valence electrons. The molecule has 1 aliphatic rings. The average molecular weight is 349 g/mol. The van der Waals surface area contributed by atoms with Crippen molar-refractivity contribution in [3.8, 4) is 33.8 Å². The van der Waals surface area contributed by atoms with Crippen molar-refractivity contribution in [3.05, 3.63) is 102 Å². The number of rotatable bonds is 3. The standard InChI is InChI=1S/C25H19NO/c26-19-10-12-20(13-11-19)27-24-15-14-22-21-9-5-4-8-18(21)16-23(22)25(24)17-6-2-1-3-7-17/h1-15H,16,26H2. The van der Waals surface area contributed by atoms with E-state index in [1.165, 1.54) is 33.4 Å². The predicted octanol–water partition coefficient (Wildman–Crippen LogP) is 6.30. The zero-order valence-corrected chi connectivity index (χ0v) is 14.9. The minimum atomic E-state index is 0.732. The molecular weight excluding hydrogens is 330 g/mol. The van der Waals surface area contributed by atoms with E-state index in [0.29, 0.717) is 0 Å². The lowest BCUT2D eigenvalue weighted by atomic mass is 9.94. The van der Waals surface area contributed by atoms with Crippen LogP contribution in [0.4, 0.5) is 5.69 Å². The molecule has 2 heteroatoms. The molecule has 0 aromatic heterocycles. The van der Waals surface area contributed by atoms with Crippen LogP contribution in [0.3, 0.4) is 0 Å². The quantitative estimate of drug-likeness (QED) is 0.388. The maximum atomic E-state index is 6.29. The third-order valence-corrected chi connectivity index (χ3v) is 5.12. The molecule has 0 radical (unpaired) electrons. The lowest BCUT2D eigenvalue weighted by molar-refractivity contribution is 0.484. The summed E-state index contributed by atoms with van der Waals surface area (Å²) < 4.78 is 6.29. The minimum Gasteiger partial charge on any atom is -0.457 e. The van der Waals surface area contributed by atoms with Gasteiger partial charge in [-0.3, -0.25) is 0 Å². The van der Waals surface area contributed by atoms with Gasteiger partial charge < -0.3 is 10.5 Å². The van der Waals surface area contributed by atoms with Crippen molar-refractivity contribution in [2.24, 2.45) is 0 Å². The Kier molecular flexibility index (Phi) is 3.68. The van der Waals surface area contributed by atoms with E-state index in [0.717, 1.165) is 23.6 Å². The number of fused-ring (bicyclic) bond motifs is 3. The van der Waals surface area contributed by atoms with Gasteiger partial charge in [0.15, 0.2) is 0 Å². The summed E-state index contributed by atoms with van der Waals surface area (Å²) >= 11 is 0. The molecule has 0 saturated heterocycles. The second-order valence-corrected chi connectivity index (χ2v) is 6.84. The van der Waals surface area contributed by atoms with Crippen LogP contribution in [0.5, 0.6) is 11.5 Å². The zero-order chi connectivity index (χ0) is 18.2. The van der Waals surface area contributed by atoms with Crippen LogP contribution >= 0.6 is 0 Å². The largest absolute Gasteiger partial charge is 0.457 e. The first kappa shape index (κ1) is 15.7. The topological polar surface area (TPSA) is 35.2 Å². The zero-order valence-electron chi connectivity index (χ0n) is 14.9. The van der Waals surface area contributed by atoms with E-state index in [9.17, 15) is 0 Å². The molecular formula is C25H19NO. The predicted molar refractivity (Wildman–Crippen MR) is 111 cm³/mol. The molecule has 0 spiro atoms. The lowest BCUT2D eigenvalue weighted by Gasteiger charge is -2.16. The van der Waals surface area contributed by atoms with Gasteiger partial charge in [-0.2, -0.15) is 0 Å². The Morgan fingerprint density at radius 1 is 0.667 bits per heavy atom. The highest BCUT2D eigenvalue weighted by atomic mass is 16.5. The molecule has 1 aliphatic carbocycles. The SMILES string of the molecule is Nc1ccc(Oc2ccc3c(c2-c2ccccc2)Cc2ccccc2-3)cc1. The Labute approximate surface area is 158 Å². The highest BCUT2D eigenvalue weighted by Crippen LogP contribution is 2.46. The molecule has 0 fully saturated rings. The monoisotopic (exact) mass is 349 g/mol. The summed E-state index contributed by atoms with van der Waals surface area (Å²) in [5, 5.41) is 0. The molecule has 0 bridgehead atoms. The first-order valence-electron chi connectivity index (χ1n) is 9.12. The number of benzene rings is 4. The summed E-state index contributed by atoms with van der Waals surface area (Å²) in [5.41, 5.74) is 14.2. The second-order valence-electron chi connectivity index (χ2n) is 6.84. The van der Waals surface area contributed by atoms with Crippen LogP contribution in [0.25, 0.3) is 22.3 Å². The van der Waals surface area contributed by atoms with Gasteiger partial charge in [0.05, 0.1) is 0 Å². The van der Waals surface area contributed by atoms with Crippen LogP contribution in [-0.4, -0.2) is 0 Å². The fraction of sp³-hybridized carbons (Fsp3) is 0.0400. The fourth-order valence-electron chi connectivity index (χ4n) is 3.86. The first-order chi connectivity index (χ1) is 13.3. The fourth-order valence-corrected chi connectivity index (χ4v) is 3.86. The summed E-state index contributed by atoms with van der Waals surface area (Å²) in [6, 6.07) is 30.9. The van der Waals surface area contributed by atoms with Gasteiger partial charge in [0.1, 0.15) is 11.5 Å². The molecule has 0 heterocycles. The summed E-state index contributed by atoms with van der Waals surface area (Å²) in [6.07, 6.45) is 0.925. The van der Waals surface area contributed by atoms with E-state index in [4.69, 9.17) is 10.5 Å². The summed E-state index contributed by atoms with van der Waals surface area (Å²) in [6.45, 7) is 0. The normalized spacial score (nSPS) is 11.7. The Morgan fingerprint density at radius 2 is 1.41 bits per heavy atom. The van der Waals surface area contributed by atoms with Crippen LogP contribution in [0.1, 0.15) is 11.1 Å². The number of hydrogen-bond acceptors (Lipinski definition) is 2. The maximum absolute atomic E-state index is 6.29. The number of nitrogens with two attached hydrogens (primary N) is 1. The van der Waals surface area contributed by atoms with Crippen molar-refractivity contribution < 1.29 is 4.74 Å². The van der Waals surface area contributed by atoms with Crippen molar-refractivity contribution in [3.63, 3.8) is 0 Å².